The molecule has 0 radical (unpaired) electrons. The van der Waals surface area contributed by atoms with Crippen LogP contribution in [0.5, 0.6) is 0 Å². The summed E-state index contributed by atoms with van der Waals surface area (Å²) in [4.78, 5) is 20.3. The number of aromatic nitrogens is 2. The van der Waals surface area contributed by atoms with Crippen LogP contribution in [0.15, 0.2) is 60.9 Å². The van der Waals surface area contributed by atoms with Gasteiger partial charge in [0, 0.05) is 35.1 Å². The highest BCUT2D eigenvalue weighted by atomic mass is 16.1. The van der Waals surface area contributed by atoms with Crippen LogP contribution >= 0.6 is 0 Å². The number of rotatable bonds is 4. The highest BCUT2D eigenvalue weighted by Crippen LogP contribution is 2.20. The number of carbonyl (C=O) groups is 1. The van der Waals surface area contributed by atoms with Gasteiger partial charge in [-0.1, -0.05) is 6.07 Å². The first-order valence-electron chi connectivity index (χ1n) is 7.43. The number of carbonyl (C=O) groups excluding carboxylic acids is 1. The summed E-state index contributed by atoms with van der Waals surface area (Å²) in [5.41, 5.74) is 9.41. The van der Waals surface area contributed by atoms with Crippen LogP contribution < -0.4 is 16.4 Å². The summed E-state index contributed by atoms with van der Waals surface area (Å²) in [6.45, 7) is 1.93. The number of aryl methyl sites for hydroxylation is 1. The molecule has 0 aliphatic heterocycles. The van der Waals surface area contributed by atoms with Crippen LogP contribution in [0.25, 0.3) is 0 Å². The summed E-state index contributed by atoms with van der Waals surface area (Å²) in [5, 5.41) is 6.13. The summed E-state index contributed by atoms with van der Waals surface area (Å²) in [7, 11) is 0. The number of amides is 1. The van der Waals surface area contributed by atoms with Crippen LogP contribution in [0, 0.1) is 6.92 Å². The number of nitrogens with two attached hydrogens (primary N) is 1. The van der Waals surface area contributed by atoms with Gasteiger partial charge in [-0.25, -0.2) is 4.98 Å². The van der Waals surface area contributed by atoms with Gasteiger partial charge < -0.3 is 16.4 Å². The molecule has 0 atom stereocenters. The van der Waals surface area contributed by atoms with Crippen molar-refractivity contribution in [2.24, 2.45) is 0 Å². The van der Waals surface area contributed by atoms with Gasteiger partial charge in [-0.15, -0.1) is 0 Å². The maximum Gasteiger partial charge on any atom is 0.257 e. The van der Waals surface area contributed by atoms with E-state index in [1.54, 1.807) is 18.3 Å². The van der Waals surface area contributed by atoms with Crippen molar-refractivity contribution in [3.05, 3.63) is 72.2 Å². The van der Waals surface area contributed by atoms with E-state index in [0.29, 0.717) is 17.1 Å². The van der Waals surface area contributed by atoms with Gasteiger partial charge in [-0.2, -0.15) is 0 Å². The van der Waals surface area contributed by atoms with Crippen LogP contribution in [0.1, 0.15) is 16.1 Å². The number of hydrogen-bond acceptors (Lipinski definition) is 5. The summed E-state index contributed by atoms with van der Waals surface area (Å²) in [5.74, 6) is 0.143. The van der Waals surface area contributed by atoms with E-state index < -0.39 is 0 Å². The molecule has 120 valence electrons. The maximum absolute atomic E-state index is 12.2. The lowest BCUT2D eigenvalue weighted by atomic mass is 10.2. The molecule has 0 spiro atoms. The van der Waals surface area contributed by atoms with Gasteiger partial charge >= 0.3 is 0 Å². The average Bonchev–Trinajstić information content (AvgIpc) is 2.56. The zero-order valence-electron chi connectivity index (χ0n) is 13.2. The molecule has 6 nitrogen and oxygen atoms in total. The van der Waals surface area contributed by atoms with Gasteiger partial charge in [0.2, 0.25) is 0 Å². The Morgan fingerprint density at radius 1 is 1.00 bits per heavy atom. The molecule has 1 aromatic carbocycles. The standard InChI is InChI=1S/C18H17N5O/c1-12-9-16(7-8-20-12)22-14-3-2-4-15(10-14)23-18(24)13-5-6-17(19)21-11-13/h2-11H,1H3,(H2,19,21)(H,20,22)(H,23,24). The molecule has 0 saturated carbocycles. The molecule has 24 heavy (non-hydrogen) atoms. The first kappa shape index (κ1) is 15.5. The molecule has 0 aliphatic rings. The van der Waals surface area contributed by atoms with Crippen LogP contribution in [-0.4, -0.2) is 15.9 Å². The highest BCUT2D eigenvalue weighted by Gasteiger charge is 2.07. The fourth-order valence-corrected chi connectivity index (χ4v) is 2.21. The van der Waals surface area contributed by atoms with Gasteiger partial charge in [0.15, 0.2) is 0 Å². The zero-order chi connectivity index (χ0) is 16.9. The number of pyridine rings is 2. The third kappa shape index (κ3) is 3.86. The molecule has 3 aromatic rings. The Hall–Kier alpha value is -3.41. The maximum atomic E-state index is 12.2. The zero-order valence-corrected chi connectivity index (χ0v) is 13.2. The summed E-state index contributed by atoms with van der Waals surface area (Å²) in [6.07, 6.45) is 3.20. The molecule has 0 fully saturated rings. The molecule has 0 unspecified atom stereocenters. The first-order valence-corrected chi connectivity index (χ1v) is 7.43. The first-order chi connectivity index (χ1) is 11.6. The van der Waals surface area contributed by atoms with E-state index in [4.69, 9.17) is 5.73 Å². The van der Waals surface area contributed by atoms with E-state index >= 15 is 0 Å². The molecular weight excluding hydrogens is 302 g/mol. The van der Waals surface area contributed by atoms with Crippen molar-refractivity contribution >= 4 is 28.8 Å². The third-order valence-corrected chi connectivity index (χ3v) is 3.35. The summed E-state index contributed by atoms with van der Waals surface area (Å²) < 4.78 is 0. The molecule has 1 amide bonds. The SMILES string of the molecule is Cc1cc(Nc2cccc(NC(=O)c3ccc(N)nc3)c2)ccn1. The summed E-state index contributed by atoms with van der Waals surface area (Å²) >= 11 is 0. The van der Waals surface area contributed by atoms with E-state index in [2.05, 4.69) is 20.6 Å². The molecule has 2 aromatic heterocycles. The van der Waals surface area contributed by atoms with E-state index in [1.807, 2.05) is 43.3 Å². The number of nitrogens with one attached hydrogen (secondary N) is 2. The number of nitrogens with zero attached hydrogens (tertiary/aromatic N) is 2. The van der Waals surface area contributed by atoms with Gasteiger partial charge in [-0.3, -0.25) is 9.78 Å². The minimum atomic E-state index is -0.237. The molecule has 0 bridgehead atoms. The highest BCUT2D eigenvalue weighted by molar-refractivity contribution is 6.04. The van der Waals surface area contributed by atoms with Gasteiger partial charge in [0.1, 0.15) is 5.82 Å². The number of nitrogen functional groups attached to an aromatic ring is 1. The predicted octanol–water partition coefficient (Wildman–Crippen LogP) is 3.36. The largest absolute Gasteiger partial charge is 0.384 e. The Morgan fingerprint density at radius 3 is 2.54 bits per heavy atom. The van der Waals surface area contributed by atoms with Crippen molar-refractivity contribution in [2.45, 2.75) is 6.92 Å². The Morgan fingerprint density at radius 2 is 1.79 bits per heavy atom. The molecule has 0 aliphatic carbocycles. The van der Waals surface area contributed by atoms with E-state index in [-0.39, 0.29) is 5.91 Å². The quantitative estimate of drug-likeness (QED) is 0.685. The van der Waals surface area contributed by atoms with Gasteiger partial charge in [-0.05, 0) is 49.4 Å². The number of hydrogen-bond donors (Lipinski definition) is 3. The Kier molecular flexibility index (Phi) is 4.38. The normalized spacial score (nSPS) is 10.2. The van der Waals surface area contributed by atoms with Crippen LogP contribution in [0.3, 0.4) is 0 Å². The minimum Gasteiger partial charge on any atom is -0.384 e. The molecule has 2 heterocycles. The second-order valence-corrected chi connectivity index (χ2v) is 5.32. The van der Waals surface area contributed by atoms with Gasteiger partial charge in [0.05, 0.1) is 5.56 Å². The lowest BCUT2D eigenvalue weighted by Gasteiger charge is -2.10. The van der Waals surface area contributed by atoms with Crippen molar-refractivity contribution in [3.63, 3.8) is 0 Å². The number of anilines is 4. The Balaban J connectivity index is 1.73. The fraction of sp³-hybridized carbons (Fsp3) is 0.0556. The van der Waals surface area contributed by atoms with Crippen LogP contribution in [-0.2, 0) is 0 Å². The number of benzene rings is 1. The van der Waals surface area contributed by atoms with Crippen molar-refractivity contribution in [1.82, 2.24) is 9.97 Å². The Bertz CT molecular complexity index is 861. The fourth-order valence-electron chi connectivity index (χ4n) is 2.21. The lowest BCUT2D eigenvalue weighted by molar-refractivity contribution is 0.102. The van der Waals surface area contributed by atoms with Gasteiger partial charge in [0.25, 0.3) is 5.91 Å². The summed E-state index contributed by atoms with van der Waals surface area (Å²) in [6, 6.07) is 14.6. The molecule has 6 heteroatoms. The monoisotopic (exact) mass is 319 g/mol. The smallest absolute Gasteiger partial charge is 0.257 e. The van der Waals surface area contributed by atoms with Crippen LogP contribution in [0.2, 0.25) is 0 Å². The second kappa shape index (κ2) is 6.78. The molecule has 3 rings (SSSR count). The predicted molar refractivity (Wildman–Crippen MR) is 95.3 cm³/mol. The molecular formula is C18H17N5O. The van der Waals surface area contributed by atoms with Crippen molar-refractivity contribution in [3.8, 4) is 0 Å². The molecule has 0 saturated heterocycles. The average molecular weight is 319 g/mol. The molecule has 4 N–H and O–H groups in total. The third-order valence-electron chi connectivity index (χ3n) is 3.35. The Labute approximate surface area is 139 Å². The van der Waals surface area contributed by atoms with E-state index in [0.717, 1.165) is 17.1 Å². The van der Waals surface area contributed by atoms with Crippen LogP contribution in [0.4, 0.5) is 22.9 Å². The van der Waals surface area contributed by atoms with Crippen molar-refractivity contribution in [2.75, 3.05) is 16.4 Å². The van der Waals surface area contributed by atoms with Crippen molar-refractivity contribution < 1.29 is 4.79 Å². The van der Waals surface area contributed by atoms with E-state index in [9.17, 15) is 4.79 Å². The topological polar surface area (TPSA) is 92.9 Å². The lowest BCUT2D eigenvalue weighted by Crippen LogP contribution is -2.12. The van der Waals surface area contributed by atoms with E-state index in [1.165, 1.54) is 6.20 Å². The minimum absolute atomic E-state index is 0.237. The van der Waals surface area contributed by atoms with Crippen molar-refractivity contribution in [1.29, 1.82) is 0 Å². The second-order valence-electron chi connectivity index (χ2n) is 5.32.